The van der Waals surface area contributed by atoms with E-state index >= 15 is 0 Å². The standard InChI is InChI=1S/C19H17F2IN4O2/c20-13-8-11(28-6-5-16(21)22)2-3-12(13)18-17(23)19(27)26(18)10-1-4-14-15(7-10)25-9-24-14/h1-4,7-9,16-18H,5-6,23H2,(H,24,25)/t16?,17-,18+/m1/s1. The number of aromatic amines is 1. The fourth-order valence-electron chi connectivity index (χ4n) is 3.31. The molecule has 2 aromatic carbocycles. The molecule has 4 rings (SSSR count). The highest BCUT2D eigenvalue weighted by atomic mass is 127. The zero-order valence-corrected chi connectivity index (χ0v) is 16.8. The Labute approximate surface area is 173 Å². The molecule has 0 saturated carbocycles. The fourth-order valence-corrected chi connectivity index (χ4v) is 3.56. The lowest BCUT2D eigenvalue weighted by molar-refractivity contribution is -0.126. The van der Waals surface area contributed by atoms with Crippen molar-refractivity contribution in [3.8, 4) is 5.75 Å². The third-order valence-electron chi connectivity index (χ3n) is 4.72. The Kier molecular flexibility index (Phi) is 5.19. The zero-order chi connectivity index (χ0) is 19.8. The number of imidazole rings is 1. The van der Waals surface area contributed by atoms with Crippen LogP contribution in [0, 0.1) is 5.82 Å². The van der Waals surface area contributed by atoms with Crippen LogP contribution in [-0.4, -0.2) is 32.7 Å². The number of β-lactam (4-membered cyclic amide) rings is 1. The number of rotatable bonds is 6. The Morgan fingerprint density at radius 3 is 2.89 bits per heavy atom. The van der Waals surface area contributed by atoms with Crippen LogP contribution in [0.2, 0.25) is 0 Å². The van der Waals surface area contributed by atoms with Crippen LogP contribution in [0.1, 0.15) is 18.0 Å². The number of fused-ring (bicyclic) bond motifs is 1. The SMILES string of the molecule is N[C@H]1C(=O)N(c2ccc3[nH]cnc3c2)[C@H]1c1ccc(OCCC(F)I)cc1F. The van der Waals surface area contributed by atoms with Gasteiger partial charge in [-0.15, -0.1) is 0 Å². The van der Waals surface area contributed by atoms with Crippen molar-refractivity contribution in [1.82, 2.24) is 9.97 Å². The van der Waals surface area contributed by atoms with Crippen molar-refractivity contribution in [3.63, 3.8) is 0 Å². The van der Waals surface area contributed by atoms with Gasteiger partial charge in [-0.3, -0.25) is 4.79 Å². The number of nitrogens with zero attached hydrogens (tertiary/aromatic N) is 2. The van der Waals surface area contributed by atoms with E-state index in [0.29, 0.717) is 22.5 Å². The van der Waals surface area contributed by atoms with Gasteiger partial charge in [-0.1, -0.05) is 6.07 Å². The van der Waals surface area contributed by atoms with Crippen molar-refractivity contribution in [3.05, 3.63) is 54.1 Å². The Bertz CT molecular complexity index is 1030. The number of ether oxygens (including phenoxy) is 1. The first-order valence-corrected chi connectivity index (χ1v) is 9.92. The smallest absolute Gasteiger partial charge is 0.247 e. The lowest BCUT2D eigenvalue weighted by Gasteiger charge is -2.45. The number of nitrogens with one attached hydrogen (secondary N) is 1. The number of hydrogen-bond donors (Lipinski definition) is 2. The van der Waals surface area contributed by atoms with Crippen LogP contribution in [-0.2, 0) is 4.79 Å². The first-order chi connectivity index (χ1) is 13.5. The van der Waals surface area contributed by atoms with Gasteiger partial charge in [0.1, 0.15) is 17.6 Å². The summed E-state index contributed by atoms with van der Waals surface area (Å²) in [6.45, 7) is 0.153. The van der Waals surface area contributed by atoms with E-state index < -0.39 is 22.1 Å². The summed E-state index contributed by atoms with van der Waals surface area (Å²) < 4.78 is 31.9. The molecule has 9 heteroatoms. The van der Waals surface area contributed by atoms with Crippen molar-refractivity contribution in [2.45, 2.75) is 22.7 Å². The first-order valence-electron chi connectivity index (χ1n) is 8.68. The Hall–Kier alpha value is -2.27. The summed E-state index contributed by atoms with van der Waals surface area (Å²) in [5.41, 5.74) is 8.44. The minimum atomic E-state index is -1.01. The maximum absolute atomic E-state index is 14.7. The van der Waals surface area contributed by atoms with E-state index in [1.807, 2.05) is 6.07 Å². The number of anilines is 1. The molecule has 3 atom stereocenters. The van der Waals surface area contributed by atoms with Crippen molar-refractivity contribution in [1.29, 1.82) is 0 Å². The molecule has 0 aliphatic carbocycles. The summed E-state index contributed by atoms with van der Waals surface area (Å²) in [4.78, 5) is 21.0. The molecule has 3 N–H and O–H groups in total. The topological polar surface area (TPSA) is 84.2 Å². The predicted octanol–water partition coefficient (Wildman–Crippen LogP) is 3.62. The number of alkyl halides is 2. The molecule has 0 bridgehead atoms. The van der Waals surface area contributed by atoms with E-state index in [1.165, 1.54) is 11.0 Å². The van der Waals surface area contributed by atoms with Crippen LogP contribution in [0.4, 0.5) is 14.5 Å². The summed E-state index contributed by atoms with van der Waals surface area (Å²) in [6.07, 6.45) is 1.78. The molecular weight excluding hydrogens is 481 g/mol. The predicted molar refractivity (Wildman–Crippen MR) is 110 cm³/mol. The molecule has 1 fully saturated rings. The highest BCUT2D eigenvalue weighted by Gasteiger charge is 2.47. The van der Waals surface area contributed by atoms with Crippen LogP contribution < -0.4 is 15.4 Å². The van der Waals surface area contributed by atoms with E-state index in [0.717, 1.165) is 5.52 Å². The molecular formula is C19H17F2IN4O2. The van der Waals surface area contributed by atoms with Crippen LogP contribution >= 0.6 is 22.6 Å². The van der Waals surface area contributed by atoms with Gasteiger partial charge in [-0.05, 0) is 46.9 Å². The number of carbonyl (C=O) groups is 1. The normalized spacial score (nSPS) is 20.3. The van der Waals surface area contributed by atoms with Gasteiger partial charge in [-0.25, -0.2) is 13.8 Å². The molecule has 28 heavy (non-hydrogen) atoms. The number of halogens is 3. The summed E-state index contributed by atoms with van der Waals surface area (Å²) in [7, 11) is 0. The Balaban J connectivity index is 1.59. The van der Waals surface area contributed by atoms with Gasteiger partial charge in [-0.2, -0.15) is 0 Å². The molecule has 6 nitrogen and oxygen atoms in total. The Morgan fingerprint density at radius 2 is 2.14 bits per heavy atom. The minimum absolute atomic E-state index is 0.153. The number of nitrogens with two attached hydrogens (primary N) is 1. The average molecular weight is 498 g/mol. The molecule has 1 saturated heterocycles. The number of amides is 1. The third-order valence-corrected chi connectivity index (χ3v) is 5.34. The molecule has 1 amide bonds. The number of aromatic nitrogens is 2. The monoisotopic (exact) mass is 498 g/mol. The number of H-pyrrole nitrogens is 1. The second kappa shape index (κ2) is 7.63. The second-order valence-electron chi connectivity index (χ2n) is 6.49. The molecule has 3 aromatic rings. The van der Waals surface area contributed by atoms with Crippen LogP contribution in [0.3, 0.4) is 0 Å². The highest BCUT2D eigenvalue weighted by Crippen LogP contribution is 2.40. The van der Waals surface area contributed by atoms with E-state index in [9.17, 15) is 13.6 Å². The van der Waals surface area contributed by atoms with Crippen molar-refractivity contribution in [2.75, 3.05) is 11.5 Å². The maximum atomic E-state index is 14.7. The summed E-state index contributed by atoms with van der Waals surface area (Å²) in [5, 5.41) is 0. The van der Waals surface area contributed by atoms with Crippen LogP contribution in [0.5, 0.6) is 5.75 Å². The zero-order valence-electron chi connectivity index (χ0n) is 14.6. The van der Waals surface area contributed by atoms with Gasteiger partial charge < -0.3 is 20.4 Å². The van der Waals surface area contributed by atoms with Gasteiger partial charge >= 0.3 is 0 Å². The lowest BCUT2D eigenvalue weighted by atomic mass is 9.88. The minimum Gasteiger partial charge on any atom is -0.493 e. The van der Waals surface area contributed by atoms with Crippen molar-refractivity contribution < 1.29 is 18.3 Å². The maximum Gasteiger partial charge on any atom is 0.247 e. The largest absolute Gasteiger partial charge is 0.493 e. The van der Waals surface area contributed by atoms with E-state index in [-0.39, 0.29) is 18.9 Å². The van der Waals surface area contributed by atoms with Gasteiger partial charge in [0, 0.05) is 23.7 Å². The number of hydrogen-bond acceptors (Lipinski definition) is 4. The number of benzene rings is 2. The summed E-state index contributed by atoms with van der Waals surface area (Å²) in [5.74, 6) is -0.500. The van der Waals surface area contributed by atoms with Crippen molar-refractivity contribution in [2.24, 2.45) is 5.73 Å². The van der Waals surface area contributed by atoms with Gasteiger partial charge in [0.15, 0.2) is 4.18 Å². The summed E-state index contributed by atoms with van der Waals surface area (Å²) in [6, 6.07) is 8.27. The highest BCUT2D eigenvalue weighted by molar-refractivity contribution is 14.1. The first kappa shape index (κ1) is 19.1. The van der Waals surface area contributed by atoms with Crippen molar-refractivity contribution >= 4 is 45.2 Å². The van der Waals surface area contributed by atoms with Gasteiger partial charge in [0.25, 0.3) is 0 Å². The molecule has 1 unspecified atom stereocenters. The second-order valence-corrected chi connectivity index (χ2v) is 7.85. The van der Waals surface area contributed by atoms with E-state index in [4.69, 9.17) is 10.5 Å². The van der Waals surface area contributed by atoms with E-state index in [1.54, 1.807) is 53.2 Å². The lowest BCUT2D eigenvalue weighted by Crippen LogP contribution is -2.63. The summed E-state index contributed by atoms with van der Waals surface area (Å²) >= 11 is 1.66. The van der Waals surface area contributed by atoms with Gasteiger partial charge in [0.05, 0.1) is 30.0 Å². The Morgan fingerprint density at radius 1 is 1.32 bits per heavy atom. The molecule has 146 valence electrons. The van der Waals surface area contributed by atoms with Gasteiger partial charge in [0.2, 0.25) is 5.91 Å². The molecule has 1 aromatic heterocycles. The van der Waals surface area contributed by atoms with Crippen LogP contribution in [0.15, 0.2) is 42.7 Å². The molecule has 1 aliphatic rings. The molecule has 2 heterocycles. The third kappa shape index (κ3) is 3.44. The van der Waals surface area contributed by atoms with Crippen LogP contribution in [0.25, 0.3) is 11.0 Å². The van der Waals surface area contributed by atoms with E-state index in [2.05, 4.69) is 9.97 Å². The molecule has 0 radical (unpaired) electrons. The number of carbonyl (C=O) groups excluding carboxylic acids is 1. The molecule has 0 spiro atoms. The average Bonchev–Trinajstić information content (AvgIpc) is 3.13. The molecule has 1 aliphatic heterocycles. The quantitative estimate of drug-likeness (QED) is 0.309. The fraction of sp³-hybridized carbons (Fsp3) is 0.263.